The van der Waals surface area contributed by atoms with E-state index in [2.05, 4.69) is 0 Å². The van der Waals surface area contributed by atoms with Gasteiger partial charge in [-0.05, 0) is 30.4 Å². The number of carbonyl (C=O) groups excluding carboxylic acids is 1. The Balaban J connectivity index is 1.71. The fraction of sp³-hybridized carbons (Fsp3) is 0.381. The zero-order valence-corrected chi connectivity index (χ0v) is 14.5. The van der Waals surface area contributed by atoms with Crippen LogP contribution in [0, 0.1) is 0 Å². The van der Waals surface area contributed by atoms with Crippen molar-refractivity contribution in [3.63, 3.8) is 0 Å². The molecule has 0 saturated carbocycles. The molecule has 1 aliphatic rings. The highest BCUT2D eigenvalue weighted by atomic mass is 16.5. The normalized spacial score (nSPS) is 19.6. The Kier molecular flexibility index (Phi) is 5.84. The first-order valence-corrected chi connectivity index (χ1v) is 8.82. The van der Waals surface area contributed by atoms with Gasteiger partial charge in [-0.2, -0.15) is 0 Å². The number of benzene rings is 2. The van der Waals surface area contributed by atoms with Crippen LogP contribution in [0.2, 0.25) is 0 Å². The molecule has 2 aromatic rings. The molecule has 3 atom stereocenters. The van der Waals surface area contributed by atoms with Crippen molar-refractivity contribution in [1.29, 1.82) is 0 Å². The molecule has 4 heteroatoms. The van der Waals surface area contributed by atoms with Gasteiger partial charge in [0.2, 0.25) is 0 Å². The van der Waals surface area contributed by atoms with E-state index in [1.807, 2.05) is 65.6 Å². The predicted molar refractivity (Wildman–Crippen MR) is 96.9 cm³/mol. The fourth-order valence-electron chi connectivity index (χ4n) is 3.60. The molecule has 0 aromatic heterocycles. The number of likely N-dealkylation sites (tertiary alicyclic amines) is 1. The van der Waals surface area contributed by atoms with Crippen LogP contribution < -0.4 is 0 Å². The van der Waals surface area contributed by atoms with Crippen molar-refractivity contribution in [1.82, 2.24) is 4.90 Å². The summed E-state index contributed by atoms with van der Waals surface area (Å²) in [7, 11) is 1.57. The van der Waals surface area contributed by atoms with Crippen molar-refractivity contribution < 1.29 is 14.6 Å². The van der Waals surface area contributed by atoms with E-state index in [-0.39, 0.29) is 11.9 Å². The molecule has 3 rings (SSSR count). The average Bonchev–Trinajstić information content (AvgIpc) is 3.12. The lowest BCUT2D eigenvalue weighted by molar-refractivity contribution is -0.143. The van der Waals surface area contributed by atoms with E-state index in [0.717, 1.165) is 30.5 Å². The van der Waals surface area contributed by atoms with Gasteiger partial charge < -0.3 is 14.7 Å². The summed E-state index contributed by atoms with van der Waals surface area (Å²) in [5, 5.41) is 10.5. The molecular formula is C21H25NO3. The van der Waals surface area contributed by atoms with Crippen LogP contribution in [0.1, 0.15) is 42.6 Å². The first-order valence-electron chi connectivity index (χ1n) is 8.82. The molecule has 0 aliphatic carbocycles. The van der Waals surface area contributed by atoms with E-state index in [0.29, 0.717) is 6.42 Å². The van der Waals surface area contributed by atoms with Crippen LogP contribution in [0.25, 0.3) is 0 Å². The zero-order chi connectivity index (χ0) is 17.6. The lowest BCUT2D eigenvalue weighted by Gasteiger charge is -2.30. The molecular weight excluding hydrogens is 314 g/mol. The Morgan fingerprint density at radius 1 is 1.12 bits per heavy atom. The first-order chi connectivity index (χ1) is 12.2. The summed E-state index contributed by atoms with van der Waals surface area (Å²) in [6.07, 6.45) is 1.29. The minimum Gasteiger partial charge on any atom is -0.388 e. The molecule has 1 aliphatic heterocycles. The maximum atomic E-state index is 13.0. The predicted octanol–water partition coefficient (Wildman–Crippen LogP) is 3.49. The molecule has 132 valence electrons. The van der Waals surface area contributed by atoms with Gasteiger partial charge in [-0.15, -0.1) is 0 Å². The van der Waals surface area contributed by atoms with Gasteiger partial charge in [0.25, 0.3) is 5.91 Å². The van der Waals surface area contributed by atoms with Gasteiger partial charge in [0, 0.05) is 19.7 Å². The Hall–Kier alpha value is -2.17. The molecule has 1 saturated heterocycles. The lowest BCUT2D eigenvalue weighted by atomic mass is 10.00. The third-order valence-electron chi connectivity index (χ3n) is 4.90. The Morgan fingerprint density at radius 2 is 1.72 bits per heavy atom. The molecule has 1 heterocycles. The third-order valence-corrected chi connectivity index (χ3v) is 4.90. The smallest absolute Gasteiger partial charge is 0.256 e. The Bertz CT molecular complexity index is 674. The van der Waals surface area contributed by atoms with Gasteiger partial charge in [-0.3, -0.25) is 4.79 Å². The number of rotatable bonds is 6. The molecule has 4 nitrogen and oxygen atoms in total. The van der Waals surface area contributed by atoms with Gasteiger partial charge in [0.05, 0.1) is 6.10 Å². The van der Waals surface area contributed by atoms with Crippen molar-refractivity contribution in [2.75, 3.05) is 13.7 Å². The van der Waals surface area contributed by atoms with Crippen LogP contribution in [-0.2, 0) is 9.53 Å². The SMILES string of the molecule is COC(C(=O)N1CCCC1CC(O)c1ccccc1)c1ccccc1. The molecule has 0 spiro atoms. The lowest BCUT2D eigenvalue weighted by Crippen LogP contribution is -2.40. The number of aliphatic hydroxyl groups excluding tert-OH is 1. The van der Waals surface area contributed by atoms with Gasteiger partial charge in [0.15, 0.2) is 6.10 Å². The molecule has 2 aromatic carbocycles. The second-order valence-corrected chi connectivity index (χ2v) is 6.52. The average molecular weight is 339 g/mol. The summed E-state index contributed by atoms with van der Waals surface area (Å²) in [5.74, 6) is -0.0172. The van der Waals surface area contributed by atoms with Crippen LogP contribution in [0.5, 0.6) is 0 Å². The van der Waals surface area contributed by atoms with Gasteiger partial charge in [-0.25, -0.2) is 0 Å². The summed E-state index contributed by atoms with van der Waals surface area (Å²) in [6, 6.07) is 19.3. The summed E-state index contributed by atoms with van der Waals surface area (Å²) in [5.41, 5.74) is 1.76. The Labute approximate surface area is 149 Å². The monoisotopic (exact) mass is 339 g/mol. The van der Waals surface area contributed by atoms with Crippen molar-refractivity contribution in [3.8, 4) is 0 Å². The van der Waals surface area contributed by atoms with Crippen molar-refractivity contribution in [3.05, 3.63) is 71.8 Å². The first kappa shape index (κ1) is 17.6. The second-order valence-electron chi connectivity index (χ2n) is 6.52. The van der Waals surface area contributed by atoms with Gasteiger partial charge in [0.1, 0.15) is 0 Å². The van der Waals surface area contributed by atoms with E-state index in [1.54, 1.807) is 7.11 Å². The maximum Gasteiger partial charge on any atom is 0.256 e. The van der Waals surface area contributed by atoms with Crippen LogP contribution in [0.4, 0.5) is 0 Å². The van der Waals surface area contributed by atoms with Crippen LogP contribution in [0.3, 0.4) is 0 Å². The Morgan fingerprint density at radius 3 is 2.32 bits per heavy atom. The largest absolute Gasteiger partial charge is 0.388 e. The number of amides is 1. The maximum absolute atomic E-state index is 13.0. The van der Waals surface area contributed by atoms with Gasteiger partial charge in [-0.1, -0.05) is 60.7 Å². The molecule has 3 unspecified atom stereocenters. The number of aliphatic hydroxyl groups is 1. The molecule has 1 N–H and O–H groups in total. The summed E-state index contributed by atoms with van der Waals surface area (Å²) >= 11 is 0. The van der Waals surface area contributed by atoms with Crippen molar-refractivity contribution >= 4 is 5.91 Å². The molecule has 0 bridgehead atoms. The highest BCUT2D eigenvalue weighted by molar-refractivity contribution is 5.83. The minimum absolute atomic E-state index is 0.0172. The molecule has 1 amide bonds. The molecule has 25 heavy (non-hydrogen) atoms. The number of nitrogens with zero attached hydrogens (tertiary/aromatic N) is 1. The van der Waals surface area contributed by atoms with Crippen LogP contribution >= 0.6 is 0 Å². The third kappa shape index (κ3) is 4.09. The number of methoxy groups -OCH3 is 1. The van der Waals surface area contributed by atoms with E-state index in [4.69, 9.17) is 4.74 Å². The number of ether oxygens (including phenoxy) is 1. The van der Waals surface area contributed by atoms with E-state index >= 15 is 0 Å². The quantitative estimate of drug-likeness (QED) is 0.876. The fourth-order valence-corrected chi connectivity index (χ4v) is 3.60. The topological polar surface area (TPSA) is 49.8 Å². The van der Waals surface area contributed by atoms with Crippen molar-refractivity contribution in [2.24, 2.45) is 0 Å². The molecule has 1 fully saturated rings. The summed E-state index contributed by atoms with van der Waals surface area (Å²) in [6.45, 7) is 0.720. The zero-order valence-electron chi connectivity index (χ0n) is 14.5. The van der Waals surface area contributed by atoms with Crippen molar-refractivity contribution in [2.45, 2.75) is 37.5 Å². The van der Waals surface area contributed by atoms with E-state index in [1.165, 1.54) is 0 Å². The van der Waals surface area contributed by atoms with Crippen LogP contribution in [0.15, 0.2) is 60.7 Å². The van der Waals surface area contributed by atoms with E-state index in [9.17, 15) is 9.90 Å². The highest BCUT2D eigenvalue weighted by Crippen LogP contribution is 2.30. The number of carbonyl (C=O) groups is 1. The highest BCUT2D eigenvalue weighted by Gasteiger charge is 2.35. The summed E-state index contributed by atoms with van der Waals surface area (Å²) < 4.78 is 5.49. The number of hydrogen-bond donors (Lipinski definition) is 1. The summed E-state index contributed by atoms with van der Waals surface area (Å²) in [4.78, 5) is 14.9. The number of hydrogen-bond acceptors (Lipinski definition) is 3. The standard InChI is InChI=1S/C21H25NO3/c1-25-20(17-11-6-3-7-12-17)21(24)22-14-8-13-18(22)15-19(23)16-9-4-2-5-10-16/h2-7,9-12,18-20,23H,8,13-15H2,1H3. The van der Waals surface area contributed by atoms with Crippen LogP contribution in [-0.4, -0.2) is 35.6 Å². The minimum atomic E-state index is -0.587. The molecule has 0 radical (unpaired) electrons. The second kappa shape index (κ2) is 8.28. The van der Waals surface area contributed by atoms with Gasteiger partial charge >= 0.3 is 0 Å². The van der Waals surface area contributed by atoms with E-state index < -0.39 is 12.2 Å².